The number of ether oxygens (including phenoxy) is 1. The number of anilines is 3. The number of methoxy groups -OCH3 is 1. The summed E-state index contributed by atoms with van der Waals surface area (Å²) in [4.78, 5) is 40.6. The molecule has 0 aliphatic heterocycles. The molecule has 0 fully saturated rings. The fraction of sp³-hybridized carbons (Fsp3) is 0.200. The Morgan fingerprint density at radius 2 is 1.68 bits per heavy atom. The summed E-state index contributed by atoms with van der Waals surface area (Å²) in [5, 5.41) is 17.4. The average Bonchev–Trinajstić information content (AvgIpc) is 3.42. The molecule has 1 heterocycles. The summed E-state index contributed by atoms with van der Waals surface area (Å²) in [7, 11) is -1.01. The zero-order chi connectivity index (χ0) is 31.9. The van der Waals surface area contributed by atoms with Crippen LogP contribution in [0.15, 0.2) is 84.3 Å². The van der Waals surface area contributed by atoms with Crippen molar-refractivity contribution in [3.8, 4) is 5.75 Å². The molecule has 0 bridgehead atoms. The maximum Gasteiger partial charge on any atom is 0.323 e. The van der Waals surface area contributed by atoms with Gasteiger partial charge in [-0.25, -0.2) is 22.9 Å². The SMILES string of the molecule is COc1cc(CC(=O)Nc2ccc(C(CC(=O)O)NS(=O)(=O)c3cn(C)cn3)cc2)ccc1NC(=O)Nc1ccccc1C. The monoisotopic (exact) mass is 620 g/mol. The van der Waals surface area contributed by atoms with E-state index in [0.717, 1.165) is 5.56 Å². The second kappa shape index (κ2) is 13.8. The van der Waals surface area contributed by atoms with E-state index in [1.165, 1.54) is 36.3 Å². The molecule has 1 aromatic heterocycles. The van der Waals surface area contributed by atoms with E-state index in [1.54, 1.807) is 43.4 Å². The number of aliphatic carboxylic acids is 1. The van der Waals surface area contributed by atoms with Crippen LogP contribution in [-0.4, -0.2) is 48.1 Å². The van der Waals surface area contributed by atoms with Crippen molar-refractivity contribution in [1.29, 1.82) is 0 Å². The van der Waals surface area contributed by atoms with Gasteiger partial charge in [-0.15, -0.1) is 0 Å². The van der Waals surface area contributed by atoms with Gasteiger partial charge >= 0.3 is 12.0 Å². The number of aromatic nitrogens is 2. The van der Waals surface area contributed by atoms with E-state index in [9.17, 15) is 27.9 Å². The number of benzene rings is 3. The molecule has 230 valence electrons. The minimum Gasteiger partial charge on any atom is -0.495 e. The summed E-state index contributed by atoms with van der Waals surface area (Å²) in [6, 6.07) is 17.0. The van der Waals surface area contributed by atoms with Crippen molar-refractivity contribution in [2.24, 2.45) is 7.05 Å². The number of carbonyl (C=O) groups excluding carboxylic acids is 2. The molecular weight excluding hydrogens is 588 g/mol. The fourth-order valence-corrected chi connectivity index (χ4v) is 5.51. The molecule has 0 aliphatic carbocycles. The van der Waals surface area contributed by atoms with Gasteiger partial charge in [-0.1, -0.05) is 36.4 Å². The lowest BCUT2D eigenvalue weighted by atomic mass is 10.0. The number of aryl methyl sites for hydroxylation is 2. The highest BCUT2D eigenvalue weighted by atomic mass is 32.2. The number of carboxylic acids is 1. The van der Waals surface area contributed by atoms with Crippen LogP contribution in [-0.2, 0) is 33.1 Å². The molecule has 1 atom stereocenters. The van der Waals surface area contributed by atoms with E-state index in [0.29, 0.717) is 33.9 Å². The van der Waals surface area contributed by atoms with E-state index in [1.807, 2.05) is 25.1 Å². The first-order valence-electron chi connectivity index (χ1n) is 13.4. The normalized spacial score (nSPS) is 11.8. The Morgan fingerprint density at radius 3 is 2.32 bits per heavy atom. The summed E-state index contributed by atoms with van der Waals surface area (Å²) >= 11 is 0. The first kappa shape index (κ1) is 31.7. The molecule has 13 nitrogen and oxygen atoms in total. The minimum atomic E-state index is -4.08. The molecule has 44 heavy (non-hydrogen) atoms. The highest BCUT2D eigenvalue weighted by Gasteiger charge is 2.25. The third-order valence-corrected chi connectivity index (χ3v) is 7.86. The second-order valence-corrected chi connectivity index (χ2v) is 11.6. The number of urea groups is 1. The van der Waals surface area contributed by atoms with Gasteiger partial charge < -0.3 is 30.4 Å². The number of carbonyl (C=O) groups is 3. The molecule has 3 aromatic carbocycles. The summed E-state index contributed by atoms with van der Waals surface area (Å²) in [6.07, 6.45) is 2.13. The van der Waals surface area contributed by atoms with Crippen molar-refractivity contribution >= 4 is 45.0 Å². The van der Waals surface area contributed by atoms with E-state index in [2.05, 4.69) is 25.7 Å². The summed E-state index contributed by atoms with van der Waals surface area (Å²) in [5.74, 6) is -1.16. The number of carboxylic acid groups (broad SMARTS) is 1. The third-order valence-electron chi connectivity index (χ3n) is 6.50. The Hall–Kier alpha value is -5.21. The van der Waals surface area contributed by atoms with Crippen LogP contribution in [0.1, 0.15) is 29.2 Å². The maximum atomic E-state index is 12.8. The number of nitrogens with zero attached hydrogens (tertiary/aromatic N) is 2. The maximum absolute atomic E-state index is 12.8. The van der Waals surface area contributed by atoms with Crippen molar-refractivity contribution in [3.05, 3.63) is 95.9 Å². The van der Waals surface area contributed by atoms with Gasteiger partial charge in [0.2, 0.25) is 5.91 Å². The number of hydrogen-bond acceptors (Lipinski definition) is 7. The predicted molar refractivity (Wildman–Crippen MR) is 164 cm³/mol. The van der Waals surface area contributed by atoms with Crippen LogP contribution in [0.3, 0.4) is 0 Å². The first-order valence-corrected chi connectivity index (χ1v) is 14.8. The van der Waals surface area contributed by atoms with Crippen LogP contribution in [0.2, 0.25) is 0 Å². The Kier molecular flexibility index (Phi) is 9.98. The van der Waals surface area contributed by atoms with Crippen LogP contribution in [0.4, 0.5) is 21.9 Å². The molecule has 4 aromatic rings. The van der Waals surface area contributed by atoms with Gasteiger partial charge in [0.05, 0.1) is 38.0 Å². The van der Waals surface area contributed by atoms with Crippen LogP contribution < -0.4 is 25.4 Å². The molecule has 1 unspecified atom stereocenters. The van der Waals surface area contributed by atoms with Gasteiger partial charge in [0.15, 0.2) is 5.03 Å². The van der Waals surface area contributed by atoms with Crippen LogP contribution in [0.5, 0.6) is 5.75 Å². The quantitative estimate of drug-likeness (QED) is 0.157. The topological polar surface area (TPSA) is 181 Å². The van der Waals surface area contributed by atoms with E-state index < -0.39 is 34.5 Å². The van der Waals surface area contributed by atoms with Crippen molar-refractivity contribution in [2.45, 2.75) is 30.8 Å². The summed E-state index contributed by atoms with van der Waals surface area (Å²) in [5.41, 5.74) is 3.46. The largest absolute Gasteiger partial charge is 0.495 e. The Bertz CT molecular complexity index is 1770. The Labute approximate surface area is 254 Å². The highest BCUT2D eigenvalue weighted by Crippen LogP contribution is 2.27. The first-order chi connectivity index (χ1) is 20.9. The highest BCUT2D eigenvalue weighted by molar-refractivity contribution is 7.89. The number of amides is 3. The third kappa shape index (κ3) is 8.42. The lowest BCUT2D eigenvalue weighted by Crippen LogP contribution is -2.30. The van der Waals surface area contributed by atoms with E-state index >= 15 is 0 Å². The van der Waals surface area contributed by atoms with Crippen LogP contribution in [0, 0.1) is 6.92 Å². The zero-order valence-electron chi connectivity index (χ0n) is 24.2. The van der Waals surface area contributed by atoms with Crippen LogP contribution in [0.25, 0.3) is 0 Å². The van der Waals surface area contributed by atoms with Crippen molar-refractivity contribution in [2.75, 3.05) is 23.1 Å². The standard InChI is InChI=1S/C30H32N6O7S/c1-19-6-4-5-7-23(19)33-30(40)34-24-13-8-20(14-26(24)43-3)15-27(37)32-22-11-9-21(10-12-22)25(16-29(38)39)35-44(41,42)28-17-36(2)18-31-28/h4-14,17-18,25,35H,15-16H2,1-3H3,(H,32,37)(H,38,39)(H2,33,34,40). The molecule has 0 saturated carbocycles. The van der Waals surface area contributed by atoms with E-state index in [4.69, 9.17) is 4.74 Å². The molecule has 0 saturated heterocycles. The zero-order valence-corrected chi connectivity index (χ0v) is 25.0. The lowest BCUT2D eigenvalue weighted by molar-refractivity contribution is -0.137. The molecule has 3 amide bonds. The molecule has 0 spiro atoms. The lowest BCUT2D eigenvalue weighted by Gasteiger charge is -2.17. The van der Waals surface area contributed by atoms with Gasteiger partial charge in [-0.3, -0.25) is 9.59 Å². The molecular formula is C30H32N6O7S. The number of sulfonamides is 1. The minimum absolute atomic E-state index is 0.000683. The van der Waals surface area contributed by atoms with Crippen molar-refractivity contribution in [1.82, 2.24) is 14.3 Å². The number of para-hydroxylation sites is 1. The van der Waals surface area contributed by atoms with Crippen molar-refractivity contribution < 1.29 is 32.6 Å². The number of nitrogens with one attached hydrogen (secondary N) is 4. The van der Waals surface area contributed by atoms with Gasteiger partial charge in [-0.05, 0) is 53.9 Å². The smallest absolute Gasteiger partial charge is 0.323 e. The average molecular weight is 621 g/mol. The van der Waals surface area contributed by atoms with Gasteiger partial charge in [0.25, 0.3) is 10.0 Å². The fourth-order valence-electron chi connectivity index (χ4n) is 4.30. The summed E-state index contributed by atoms with van der Waals surface area (Å²) < 4.78 is 34.7. The van der Waals surface area contributed by atoms with Crippen LogP contribution >= 0.6 is 0 Å². The summed E-state index contributed by atoms with van der Waals surface area (Å²) in [6.45, 7) is 1.88. The van der Waals surface area contributed by atoms with Crippen molar-refractivity contribution in [3.63, 3.8) is 0 Å². The van der Waals surface area contributed by atoms with Gasteiger partial charge in [0, 0.05) is 24.6 Å². The molecule has 0 aliphatic rings. The van der Waals surface area contributed by atoms with Gasteiger partial charge in [0.1, 0.15) is 5.75 Å². The molecule has 14 heteroatoms. The predicted octanol–water partition coefficient (Wildman–Crippen LogP) is 4.06. The number of hydrogen-bond donors (Lipinski definition) is 5. The van der Waals surface area contributed by atoms with E-state index in [-0.39, 0.29) is 17.4 Å². The molecule has 5 N–H and O–H groups in total. The Morgan fingerprint density at radius 1 is 0.977 bits per heavy atom. The second-order valence-electron chi connectivity index (χ2n) is 9.92. The Balaban J connectivity index is 1.38. The number of imidazole rings is 1. The molecule has 4 rings (SSSR count). The molecule has 0 radical (unpaired) electrons. The van der Waals surface area contributed by atoms with Gasteiger partial charge in [-0.2, -0.15) is 0 Å². The number of rotatable bonds is 12.